The lowest BCUT2D eigenvalue weighted by Gasteiger charge is -2.35. The van der Waals surface area contributed by atoms with E-state index < -0.39 is 27.4 Å². The van der Waals surface area contributed by atoms with Crippen molar-refractivity contribution in [1.29, 1.82) is 0 Å². The van der Waals surface area contributed by atoms with Crippen LogP contribution in [0.5, 0.6) is 0 Å². The number of aliphatic hydroxyl groups excluding tert-OH is 1. The van der Waals surface area contributed by atoms with Gasteiger partial charge in [-0.05, 0) is 29.2 Å². The fraction of sp³-hybridized carbons (Fsp3) is 0.273. The number of rotatable bonds is 3. The molecule has 0 fully saturated rings. The van der Waals surface area contributed by atoms with Crippen LogP contribution < -0.4 is 0 Å². The largest absolute Gasteiger partial charge is 0.509 e. The summed E-state index contributed by atoms with van der Waals surface area (Å²) in [6, 6.07) is 12.8. The number of carbonyl (C=O) groups excluding carboxylic acids is 1. The van der Waals surface area contributed by atoms with Crippen molar-refractivity contribution in [2.24, 2.45) is 9.81 Å². The third-order valence-electron chi connectivity index (χ3n) is 5.26. The molecule has 2 aliphatic rings. The highest BCUT2D eigenvalue weighted by Crippen LogP contribution is 2.40. The Hall–Kier alpha value is -2.64. The zero-order chi connectivity index (χ0) is 21.8. The Labute approximate surface area is 180 Å². The topological polar surface area (TPSA) is 87.0 Å². The normalized spacial score (nSPS) is 20.5. The molecule has 1 amide bonds. The van der Waals surface area contributed by atoms with E-state index in [4.69, 9.17) is 11.6 Å². The van der Waals surface area contributed by atoms with Crippen molar-refractivity contribution < 1.29 is 18.3 Å². The number of sulfonamides is 1. The third-order valence-corrected chi connectivity index (χ3v) is 6.84. The SMILES string of the molecule is CC(C)(C)C1C(O)=C(C2=NS(=O)(=O)c3ccccc32)C(=O)N1Cc1ccc(Cl)cc1. The highest BCUT2D eigenvalue weighted by molar-refractivity contribution is 7.90. The average molecular weight is 445 g/mol. The van der Waals surface area contributed by atoms with Gasteiger partial charge in [0.2, 0.25) is 0 Å². The summed E-state index contributed by atoms with van der Waals surface area (Å²) in [6.45, 7) is 5.99. The summed E-state index contributed by atoms with van der Waals surface area (Å²) >= 11 is 5.96. The van der Waals surface area contributed by atoms with Crippen LogP contribution in [0.3, 0.4) is 0 Å². The average Bonchev–Trinajstić information content (AvgIpc) is 3.07. The molecule has 4 rings (SSSR count). The van der Waals surface area contributed by atoms with Gasteiger partial charge in [0, 0.05) is 17.1 Å². The number of amides is 1. The molecule has 0 spiro atoms. The number of carbonyl (C=O) groups is 1. The maximum absolute atomic E-state index is 13.5. The van der Waals surface area contributed by atoms with Crippen molar-refractivity contribution in [3.05, 3.63) is 76.0 Å². The summed E-state index contributed by atoms with van der Waals surface area (Å²) in [5.41, 5.74) is 0.620. The maximum atomic E-state index is 13.5. The summed E-state index contributed by atoms with van der Waals surface area (Å²) < 4.78 is 28.8. The van der Waals surface area contributed by atoms with Gasteiger partial charge in [-0.1, -0.05) is 62.7 Å². The van der Waals surface area contributed by atoms with Gasteiger partial charge in [0.05, 0.1) is 10.9 Å². The van der Waals surface area contributed by atoms with Crippen LogP contribution in [0.2, 0.25) is 5.02 Å². The van der Waals surface area contributed by atoms with Gasteiger partial charge < -0.3 is 10.0 Å². The second-order valence-corrected chi connectivity index (χ2v) is 10.5. The van der Waals surface area contributed by atoms with E-state index in [-0.39, 0.29) is 28.5 Å². The second kappa shape index (κ2) is 6.96. The summed E-state index contributed by atoms with van der Waals surface area (Å²) in [7, 11) is -3.92. The first-order valence-corrected chi connectivity index (χ1v) is 11.3. The predicted octanol–water partition coefficient (Wildman–Crippen LogP) is 4.10. The molecular formula is C22H21ClN2O4S. The quantitative estimate of drug-likeness (QED) is 0.772. The van der Waals surface area contributed by atoms with Gasteiger partial charge in [-0.3, -0.25) is 4.79 Å². The molecule has 6 nitrogen and oxygen atoms in total. The Kier molecular flexibility index (Phi) is 4.78. The van der Waals surface area contributed by atoms with Crippen molar-refractivity contribution in [1.82, 2.24) is 4.90 Å². The minimum absolute atomic E-state index is 0.000885. The highest BCUT2D eigenvalue weighted by atomic mass is 35.5. The fourth-order valence-corrected chi connectivity index (χ4v) is 5.34. The predicted molar refractivity (Wildman–Crippen MR) is 115 cm³/mol. The lowest BCUT2D eigenvalue weighted by molar-refractivity contribution is -0.129. The van der Waals surface area contributed by atoms with Gasteiger partial charge in [-0.15, -0.1) is 0 Å². The van der Waals surface area contributed by atoms with Gasteiger partial charge >= 0.3 is 0 Å². The van der Waals surface area contributed by atoms with Crippen LogP contribution in [0.4, 0.5) is 0 Å². The first-order chi connectivity index (χ1) is 14.0. The van der Waals surface area contributed by atoms with Gasteiger partial charge in [-0.25, -0.2) is 0 Å². The van der Waals surface area contributed by atoms with Gasteiger partial charge in [0.1, 0.15) is 17.0 Å². The van der Waals surface area contributed by atoms with Crippen LogP contribution in [0.25, 0.3) is 0 Å². The first kappa shape index (κ1) is 20.6. The second-order valence-electron chi connectivity index (χ2n) is 8.50. The van der Waals surface area contributed by atoms with Crippen molar-refractivity contribution in [3.63, 3.8) is 0 Å². The molecule has 0 aromatic heterocycles. The van der Waals surface area contributed by atoms with Crippen LogP contribution in [0.1, 0.15) is 31.9 Å². The summed E-state index contributed by atoms with van der Waals surface area (Å²) in [4.78, 5) is 15.1. The zero-order valence-corrected chi connectivity index (χ0v) is 18.3. The number of fused-ring (bicyclic) bond motifs is 1. The molecule has 8 heteroatoms. The van der Waals surface area contributed by atoms with Gasteiger partial charge in [-0.2, -0.15) is 12.8 Å². The highest BCUT2D eigenvalue weighted by Gasteiger charge is 2.48. The zero-order valence-electron chi connectivity index (χ0n) is 16.8. The molecule has 2 aliphatic heterocycles. The fourth-order valence-electron chi connectivity index (χ4n) is 3.99. The molecule has 0 radical (unpaired) electrons. The number of aliphatic hydroxyl groups is 1. The van der Waals surface area contributed by atoms with E-state index in [1.807, 2.05) is 32.9 Å². The number of hydrogen-bond acceptors (Lipinski definition) is 4. The number of hydrogen-bond donors (Lipinski definition) is 1. The Morgan fingerprint density at radius 1 is 1.10 bits per heavy atom. The molecule has 2 heterocycles. The van der Waals surface area contributed by atoms with Crippen molar-refractivity contribution in [3.8, 4) is 0 Å². The molecule has 0 saturated carbocycles. The molecule has 30 heavy (non-hydrogen) atoms. The minimum atomic E-state index is -3.92. The van der Waals surface area contributed by atoms with Crippen molar-refractivity contribution in [2.45, 2.75) is 38.3 Å². The standard InChI is InChI=1S/C22H21ClN2O4S/c1-22(2,3)20-19(26)17(18-15-6-4-5-7-16(15)30(28,29)24-18)21(27)25(20)12-13-8-10-14(23)11-9-13/h4-11,20,26H,12H2,1-3H3. The minimum Gasteiger partial charge on any atom is -0.509 e. The van der Waals surface area contributed by atoms with Crippen LogP contribution in [-0.2, 0) is 21.4 Å². The summed E-state index contributed by atoms with van der Waals surface area (Å²) in [6.07, 6.45) is 0. The monoisotopic (exact) mass is 444 g/mol. The lowest BCUT2D eigenvalue weighted by Crippen LogP contribution is -2.43. The van der Waals surface area contributed by atoms with Crippen molar-refractivity contribution >= 4 is 33.2 Å². The molecule has 2 aromatic carbocycles. The maximum Gasteiger partial charge on any atom is 0.283 e. The molecule has 0 bridgehead atoms. The molecule has 0 aliphatic carbocycles. The Bertz CT molecular complexity index is 1210. The Morgan fingerprint density at radius 2 is 1.73 bits per heavy atom. The van der Waals surface area contributed by atoms with Gasteiger partial charge in [0.15, 0.2) is 0 Å². The van der Waals surface area contributed by atoms with E-state index in [2.05, 4.69) is 4.40 Å². The van der Waals surface area contributed by atoms with Crippen LogP contribution in [0, 0.1) is 5.41 Å². The summed E-state index contributed by atoms with van der Waals surface area (Å²) in [5.74, 6) is -0.611. The van der Waals surface area contributed by atoms with E-state index in [1.54, 1.807) is 35.2 Å². The van der Waals surface area contributed by atoms with E-state index in [0.717, 1.165) is 5.56 Å². The van der Waals surface area contributed by atoms with E-state index in [9.17, 15) is 18.3 Å². The molecule has 1 N–H and O–H groups in total. The van der Waals surface area contributed by atoms with Crippen LogP contribution in [0.15, 0.2) is 69.2 Å². The molecule has 1 atom stereocenters. The molecule has 0 saturated heterocycles. The Balaban J connectivity index is 1.82. The summed E-state index contributed by atoms with van der Waals surface area (Å²) in [5, 5.41) is 11.7. The third kappa shape index (κ3) is 3.32. The molecular weight excluding hydrogens is 424 g/mol. The smallest absolute Gasteiger partial charge is 0.283 e. The van der Waals surface area contributed by atoms with Crippen LogP contribution >= 0.6 is 11.6 Å². The lowest BCUT2D eigenvalue weighted by atomic mass is 9.84. The van der Waals surface area contributed by atoms with E-state index in [1.165, 1.54) is 6.07 Å². The van der Waals surface area contributed by atoms with E-state index in [0.29, 0.717) is 10.6 Å². The first-order valence-electron chi connectivity index (χ1n) is 9.44. The van der Waals surface area contributed by atoms with E-state index >= 15 is 0 Å². The molecule has 156 valence electrons. The molecule has 1 unspecified atom stereocenters. The van der Waals surface area contributed by atoms with Crippen molar-refractivity contribution in [2.75, 3.05) is 0 Å². The molecule has 2 aromatic rings. The van der Waals surface area contributed by atoms with Gasteiger partial charge in [0.25, 0.3) is 15.9 Å². The Morgan fingerprint density at radius 3 is 2.37 bits per heavy atom. The number of nitrogens with zero attached hydrogens (tertiary/aromatic N) is 2. The van der Waals surface area contributed by atoms with Crippen LogP contribution in [-0.4, -0.2) is 36.1 Å². The number of benzene rings is 2. The number of halogens is 1.